The van der Waals surface area contributed by atoms with Gasteiger partial charge in [-0.15, -0.1) is 0 Å². The van der Waals surface area contributed by atoms with E-state index in [1.807, 2.05) is 66.7 Å². The quantitative estimate of drug-likeness (QED) is 0.267. The first kappa shape index (κ1) is 30.4. The van der Waals surface area contributed by atoms with Crippen LogP contribution < -0.4 is 14.8 Å². The van der Waals surface area contributed by atoms with Crippen LogP contribution >= 0.6 is 0 Å². The van der Waals surface area contributed by atoms with Gasteiger partial charge in [-0.2, -0.15) is 4.31 Å². The molecule has 0 bridgehead atoms. The third-order valence-corrected chi connectivity index (χ3v) is 10.4. The minimum absolute atomic E-state index is 0.0535. The number of amides is 2. The fourth-order valence-electron chi connectivity index (χ4n) is 6.13. The molecule has 1 N–H and O–H groups in total. The maximum Gasteiger partial charge on any atom is 0.243 e. The molecule has 238 valence electrons. The Morgan fingerprint density at radius 1 is 0.830 bits per heavy atom. The Kier molecular flexibility index (Phi) is 8.32. The third kappa shape index (κ3) is 6.15. The highest BCUT2D eigenvalue weighted by Crippen LogP contribution is 2.33. The summed E-state index contributed by atoms with van der Waals surface area (Å²) in [5, 5.41) is 3.57. The van der Waals surface area contributed by atoms with Gasteiger partial charge in [0.05, 0.1) is 16.3 Å². The van der Waals surface area contributed by atoms with E-state index < -0.39 is 27.9 Å². The number of fused-ring (bicyclic) bond motifs is 2. The third-order valence-electron chi connectivity index (χ3n) is 8.54. The molecular formula is C36H32N4O6S. The van der Waals surface area contributed by atoms with Gasteiger partial charge in [0.1, 0.15) is 6.04 Å². The molecule has 2 aliphatic heterocycles. The fraction of sp³-hybridized carbons (Fsp3) is 0.194. The first-order valence-corrected chi connectivity index (χ1v) is 16.7. The molecular weight excluding hydrogens is 616 g/mol. The van der Waals surface area contributed by atoms with E-state index in [2.05, 4.69) is 10.3 Å². The summed E-state index contributed by atoms with van der Waals surface area (Å²) in [7, 11) is -4.14. The van der Waals surface area contributed by atoms with Crippen molar-refractivity contribution in [1.29, 1.82) is 0 Å². The van der Waals surface area contributed by atoms with E-state index in [0.29, 0.717) is 22.4 Å². The van der Waals surface area contributed by atoms with Crippen LogP contribution in [0.4, 0.5) is 0 Å². The number of piperazine rings is 1. The van der Waals surface area contributed by atoms with E-state index in [1.54, 1.807) is 47.5 Å². The summed E-state index contributed by atoms with van der Waals surface area (Å²) in [6.45, 7) is 0.205. The minimum atomic E-state index is -4.14. The van der Waals surface area contributed by atoms with Crippen LogP contribution in [0.2, 0.25) is 0 Å². The number of rotatable bonds is 8. The van der Waals surface area contributed by atoms with Crippen LogP contribution in [-0.4, -0.2) is 66.9 Å². The van der Waals surface area contributed by atoms with Crippen molar-refractivity contribution in [1.82, 2.24) is 19.5 Å². The minimum Gasteiger partial charge on any atom is -0.454 e. The molecule has 0 radical (unpaired) electrons. The van der Waals surface area contributed by atoms with Crippen molar-refractivity contribution >= 4 is 32.7 Å². The molecule has 4 aromatic carbocycles. The van der Waals surface area contributed by atoms with E-state index >= 15 is 0 Å². The lowest BCUT2D eigenvalue weighted by molar-refractivity contribution is -0.136. The van der Waals surface area contributed by atoms with Gasteiger partial charge in [-0.05, 0) is 53.1 Å². The summed E-state index contributed by atoms with van der Waals surface area (Å²) in [6.07, 6.45) is 1.64. The Bertz CT molecular complexity index is 2000. The van der Waals surface area contributed by atoms with Gasteiger partial charge >= 0.3 is 0 Å². The molecule has 0 spiro atoms. The van der Waals surface area contributed by atoms with Gasteiger partial charge in [-0.25, -0.2) is 8.42 Å². The first-order valence-electron chi connectivity index (χ1n) is 15.3. The highest BCUT2D eigenvalue weighted by atomic mass is 32.2. The zero-order chi connectivity index (χ0) is 32.4. The summed E-state index contributed by atoms with van der Waals surface area (Å²) in [6, 6.07) is 31.4. The second kappa shape index (κ2) is 12.9. The van der Waals surface area contributed by atoms with Crippen LogP contribution in [0, 0.1) is 0 Å². The molecule has 5 aromatic rings. The molecule has 11 heteroatoms. The number of aromatic nitrogens is 1. The summed E-state index contributed by atoms with van der Waals surface area (Å²) < 4.78 is 40.5. The highest BCUT2D eigenvalue weighted by molar-refractivity contribution is 7.89. The molecule has 7 rings (SSSR count). The summed E-state index contributed by atoms with van der Waals surface area (Å²) in [5.74, 6) is -0.136. The number of ether oxygens (including phenoxy) is 2. The lowest BCUT2D eigenvalue weighted by Crippen LogP contribution is -2.61. The molecule has 0 saturated carbocycles. The SMILES string of the molecule is O=C(NCc1ccc2c(c1)OCO2)C1CN(C(=O)C(c2ccccc2)c2ccccc2)CCN1S(=O)(=O)c1ccc2ncccc2c1. The maximum atomic E-state index is 14.3. The van der Waals surface area contributed by atoms with Crippen molar-refractivity contribution in [3.63, 3.8) is 0 Å². The molecule has 10 nitrogen and oxygen atoms in total. The van der Waals surface area contributed by atoms with E-state index in [0.717, 1.165) is 16.7 Å². The molecule has 1 aromatic heterocycles. The first-order chi connectivity index (χ1) is 22.9. The van der Waals surface area contributed by atoms with Crippen LogP contribution in [0.1, 0.15) is 22.6 Å². The number of carbonyl (C=O) groups is 2. The van der Waals surface area contributed by atoms with E-state index in [9.17, 15) is 18.0 Å². The molecule has 47 heavy (non-hydrogen) atoms. The standard InChI is InChI=1S/C36H32N4O6S/c41-35(38-22-25-13-16-32-33(20-25)46-24-45-32)31-23-39(36(42)34(26-8-3-1-4-9-26)27-10-5-2-6-11-27)18-19-40(31)47(43,44)29-14-15-30-28(21-29)12-7-17-37-30/h1-17,20-21,31,34H,18-19,22-24H2,(H,38,41). The van der Waals surface area contributed by atoms with Gasteiger partial charge in [0.25, 0.3) is 0 Å². The highest BCUT2D eigenvalue weighted by Gasteiger charge is 2.42. The van der Waals surface area contributed by atoms with Crippen molar-refractivity contribution in [3.05, 3.63) is 132 Å². The normalized spacial score (nSPS) is 16.4. The summed E-state index contributed by atoms with van der Waals surface area (Å²) in [5.41, 5.74) is 3.04. The van der Waals surface area contributed by atoms with Gasteiger partial charge in [-0.1, -0.05) is 72.8 Å². The van der Waals surface area contributed by atoms with Gasteiger partial charge in [0.2, 0.25) is 28.6 Å². The topological polar surface area (TPSA) is 118 Å². The number of benzene rings is 4. The van der Waals surface area contributed by atoms with Crippen LogP contribution in [0.3, 0.4) is 0 Å². The zero-order valence-corrected chi connectivity index (χ0v) is 26.2. The molecule has 0 aliphatic carbocycles. The number of sulfonamides is 1. The van der Waals surface area contributed by atoms with Crippen LogP contribution in [0.25, 0.3) is 10.9 Å². The number of hydrogen-bond donors (Lipinski definition) is 1. The number of hydrogen-bond acceptors (Lipinski definition) is 7. The number of nitrogens with one attached hydrogen (secondary N) is 1. The van der Waals surface area contributed by atoms with Crippen molar-refractivity contribution in [2.75, 3.05) is 26.4 Å². The van der Waals surface area contributed by atoms with Crippen molar-refractivity contribution in [2.24, 2.45) is 0 Å². The molecule has 1 unspecified atom stereocenters. The van der Waals surface area contributed by atoms with E-state index in [1.165, 1.54) is 10.4 Å². The van der Waals surface area contributed by atoms with Crippen molar-refractivity contribution in [2.45, 2.75) is 23.4 Å². The zero-order valence-electron chi connectivity index (χ0n) is 25.4. The summed E-state index contributed by atoms with van der Waals surface area (Å²) >= 11 is 0. The van der Waals surface area contributed by atoms with Crippen molar-refractivity contribution in [3.8, 4) is 11.5 Å². The lowest BCUT2D eigenvalue weighted by Gasteiger charge is -2.40. The Balaban J connectivity index is 1.20. The Morgan fingerprint density at radius 3 is 2.30 bits per heavy atom. The van der Waals surface area contributed by atoms with Gasteiger partial charge < -0.3 is 19.7 Å². The second-order valence-electron chi connectivity index (χ2n) is 11.4. The number of pyridine rings is 1. The largest absolute Gasteiger partial charge is 0.454 e. The predicted octanol–water partition coefficient (Wildman–Crippen LogP) is 4.31. The summed E-state index contributed by atoms with van der Waals surface area (Å²) in [4.78, 5) is 34.2. The predicted molar refractivity (Wildman–Crippen MR) is 175 cm³/mol. The van der Waals surface area contributed by atoms with Crippen LogP contribution in [0.15, 0.2) is 120 Å². The smallest absolute Gasteiger partial charge is 0.243 e. The van der Waals surface area contributed by atoms with Gasteiger partial charge in [-0.3, -0.25) is 14.6 Å². The maximum absolute atomic E-state index is 14.3. The molecule has 1 atom stereocenters. The molecule has 1 saturated heterocycles. The molecule has 3 heterocycles. The Morgan fingerprint density at radius 2 is 1.55 bits per heavy atom. The van der Waals surface area contributed by atoms with Crippen LogP contribution in [0.5, 0.6) is 11.5 Å². The number of carbonyl (C=O) groups excluding carboxylic acids is 2. The average Bonchev–Trinajstić information content (AvgIpc) is 3.59. The monoisotopic (exact) mass is 648 g/mol. The lowest BCUT2D eigenvalue weighted by atomic mass is 9.89. The van der Waals surface area contributed by atoms with Gasteiger partial charge in [0, 0.05) is 37.8 Å². The molecule has 2 amide bonds. The molecule has 2 aliphatic rings. The van der Waals surface area contributed by atoms with E-state index in [4.69, 9.17) is 9.47 Å². The second-order valence-corrected chi connectivity index (χ2v) is 13.3. The van der Waals surface area contributed by atoms with Crippen LogP contribution in [-0.2, 0) is 26.2 Å². The molecule has 1 fully saturated rings. The number of nitrogens with zero attached hydrogens (tertiary/aromatic N) is 3. The average molecular weight is 649 g/mol. The Labute approximate surface area is 272 Å². The van der Waals surface area contributed by atoms with E-state index in [-0.39, 0.29) is 43.8 Å². The fourth-order valence-corrected chi connectivity index (χ4v) is 7.73. The Hall–Kier alpha value is -5.26. The van der Waals surface area contributed by atoms with Crippen molar-refractivity contribution < 1.29 is 27.5 Å². The van der Waals surface area contributed by atoms with Gasteiger partial charge in [0.15, 0.2) is 11.5 Å².